The van der Waals surface area contributed by atoms with E-state index in [0.717, 1.165) is 56.8 Å². The maximum atomic E-state index is 12.3. The molecule has 2 rings (SSSR count). The van der Waals surface area contributed by atoms with Crippen molar-refractivity contribution in [3.63, 3.8) is 0 Å². The highest BCUT2D eigenvalue weighted by atomic mass is 16.5. The average molecular weight is 333 g/mol. The van der Waals surface area contributed by atoms with Crippen molar-refractivity contribution in [2.24, 2.45) is 11.7 Å². The molecule has 1 aliphatic carbocycles. The zero-order chi connectivity index (χ0) is 17.4. The second kappa shape index (κ2) is 9.64. The summed E-state index contributed by atoms with van der Waals surface area (Å²) < 4.78 is 5.76. The van der Waals surface area contributed by atoms with E-state index in [4.69, 9.17) is 10.5 Å². The number of benzene rings is 1. The first-order chi connectivity index (χ1) is 11.6. The average Bonchev–Trinajstić information content (AvgIpc) is 2.60. The van der Waals surface area contributed by atoms with Gasteiger partial charge in [-0.3, -0.25) is 4.79 Å². The molecule has 1 saturated carbocycles. The van der Waals surface area contributed by atoms with Gasteiger partial charge in [0.2, 0.25) is 5.91 Å². The predicted molar refractivity (Wildman–Crippen MR) is 98.3 cm³/mol. The highest BCUT2D eigenvalue weighted by molar-refractivity contribution is 5.92. The van der Waals surface area contributed by atoms with Crippen molar-refractivity contribution in [3.05, 3.63) is 24.3 Å². The van der Waals surface area contributed by atoms with Crippen LogP contribution in [0.4, 0.5) is 5.69 Å². The molecule has 0 bridgehead atoms. The van der Waals surface area contributed by atoms with Crippen LogP contribution >= 0.6 is 0 Å². The van der Waals surface area contributed by atoms with E-state index >= 15 is 0 Å². The van der Waals surface area contributed by atoms with Crippen LogP contribution in [0.15, 0.2) is 24.3 Å². The number of hydrogen-bond acceptors (Lipinski definition) is 4. The number of rotatable bonds is 8. The van der Waals surface area contributed by atoms with Gasteiger partial charge in [0.25, 0.3) is 0 Å². The maximum absolute atomic E-state index is 12.3. The Morgan fingerprint density at radius 3 is 2.58 bits per heavy atom. The van der Waals surface area contributed by atoms with Crippen molar-refractivity contribution < 1.29 is 9.53 Å². The summed E-state index contributed by atoms with van der Waals surface area (Å²) in [6.07, 6.45) is 3.80. The molecule has 0 spiro atoms. The molecule has 3 N–H and O–H groups in total. The van der Waals surface area contributed by atoms with E-state index < -0.39 is 0 Å². The lowest BCUT2D eigenvalue weighted by Gasteiger charge is -2.25. The number of amides is 1. The lowest BCUT2D eigenvalue weighted by atomic mass is 9.85. The van der Waals surface area contributed by atoms with Gasteiger partial charge in [0, 0.05) is 24.2 Å². The summed E-state index contributed by atoms with van der Waals surface area (Å²) in [4.78, 5) is 14.6. The number of carbonyl (C=O) groups excluding carboxylic acids is 1. The summed E-state index contributed by atoms with van der Waals surface area (Å²) in [6.45, 7) is 7.98. The molecule has 5 heteroatoms. The third kappa shape index (κ3) is 5.80. The van der Waals surface area contributed by atoms with Crippen LogP contribution in [-0.2, 0) is 4.79 Å². The molecule has 24 heavy (non-hydrogen) atoms. The molecule has 1 aromatic rings. The fraction of sp³-hybridized carbons (Fsp3) is 0.632. The van der Waals surface area contributed by atoms with Gasteiger partial charge >= 0.3 is 0 Å². The number of nitrogens with one attached hydrogen (secondary N) is 1. The number of ether oxygens (including phenoxy) is 1. The Balaban J connectivity index is 1.78. The highest BCUT2D eigenvalue weighted by Gasteiger charge is 2.25. The third-order valence-corrected chi connectivity index (χ3v) is 4.78. The first-order valence-electron chi connectivity index (χ1n) is 9.14. The Labute approximate surface area is 145 Å². The minimum atomic E-state index is 0.0405. The van der Waals surface area contributed by atoms with Crippen LogP contribution in [0.3, 0.4) is 0 Å². The van der Waals surface area contributed by atoms with E-state index in [1.165, 1.54) is 0 Å². The molecule has 2 unspecified atom stereocenters. The first kappa shape index (κ1) is 18.7. The molecule has 134 valence electrons. The van der Waals surface area contributed by atoms with Gasteiger partial charge in [0.15, 0.2) is 0 Å². The fourth-order valence-electron chi connectivity index (χ4n) is 3.18. The number of carbonyl (C=O) groups is 1. The van der Waals surface area contributed by atoms with E-state index in [0.29, 0.717) is 6.61 Å². The second-order valence-corrected chi connectivity index (χ2v) is 6.51. The molecule has 1 fully saturated rings. The Morgan fingerprint density at radius 1 is 1.25 bits per heavy atom. The fourth-order valence-corrected chi connectivity index (χ4v) is 3.18. The van der Waals surface area contributed by atoms with Crippen molar-refractivity contribution in [1.29, 1.82) is 0 Å². The van der Waals surface area contributed by atoms with Crippen LogP contribution in [0.2, 0.25) is 0 Å². The summed E-state index contributed by atoms with van der Waals surface area (Å²) in [7, 11) is 0. The van der Waals surface area contributed by atoms with Crippen LogP contribution in [-0.4, -0.2) is 43.1 Å². The van der Waals surface area contributed by atoms with E-state index in [1.54, 1.807) is 0 Å². The molecule has 0 aromatic heterocycles. The zero-order valence-corrected chi connectivity index (χ0v) is 15.0. The largest absolute Gasteiger partial charge is 0.492 e. The van der Waals surface area contributed by atoms with E-state index in [9.17, 15) is 4.79 Å². The van der Waals surface area contributed by atoms with E-state index in [-0.39, 0.29) is 17.9 Å². The molecule has 0 heterocycles. The summed E-state index contributed by atoms with van der Waals surface area (Å²) >= 11 is 0. The molecule has 5 nitrogen and oxygen atoms in total. The Bertz CT molecular complexity index is 500. The molecular formula is C19H31N3O2. The smallest absolute Gasteiger partial charge is 0.227 e. The highest BCUT2D eigenvalue weighted by Crippen LogP contribution is 2.25. The predicted octanol–water partition coefficient (Wildman–Crippen LogP) is 2.86. The Kier molecular flexibility index (Phi) is 7.53. The topological polar surface area (TPSA) is 67.6 Å². The number of nitrogens with zero attached hydrogens (tertiary/aromatic N) is 1. The summed E-state index contributed by atoms with van der Waals surface area (Å²) in [6, 6.07) is 7.77. The molecule has 1 aromatic carbocycles. The van der Waals surface area contributed by atoms with Gasteiger partial charge in [0.1, 0.15) is 12.4 Å². The normalized spacial score (nSPS) is 20.8. The zero-order valence-electron chi connectivity index (χ0n) is 15.0. The minimum Gasteiger partial charge on any atom is -0.492 e. The maximum Gasteiger partial charge on any atom is 0.227 e. The molecule has 2 atom stereocenters. The van der Waals surface area contributed by atoms with Gasteiger partial charge in [-0.15, -0.1) is 0 Å². The molecule has 0 saturated heterocycles. The van der Waals surface area contributed by atoms with Crippen LogP contribution in [0, 0.1) is 5.92 Å². The number of likely N-dealkylation sites (N-methyl/N-ethyl adjacent to an activating group) is 1. The minimum absolute atomic E-state index is 0.0405. The molecule has 0 aliphatic heterocycles. The van der Waals surface area contributed by atoms with Crippen molar-refractivity contribution in [2.75, 3.05) is 31.6 Å². The van der Waals surface area contributed by atoms with Crippen molar-refractivity contribution >= 4 is 11.6 Å². The second-order valence-electron chi connectivity index (χ2n) is 6.51. The summed E-state index contributed by atoms with van der Waals surface area (Å²) in [5.41, 5.74) is 6.78. The Hall–Kier alpha value is -1.59. The molecule has 1 aliphatic rings. The number of hydrogen-bond donors (Lipinski definition) is 2. The van der Waals surface area contributed by atoms with Crippen molar-refractivity contribution in [1.82, 2.24) is 4.90 Å². The van der Waals surface area contributed by atoms with Crippen LogP contribution in [0.5, 0.6) is 5.75 Å². The quantitative estimate of drug-likeness (QED) is 0.767. The number of anilines is 1. The third-order valence-electron chi connectivity index (χ3n) is 4.78. The van der Waals surface area contributed by atoms with E-state index in [2.05, 4.69) is 24.1 Å². The first-order valence-corrected chi connectivity index (χ1v) is 9.14. The lowest BCUT2D eigenvalue weighted by molar-refractivity contribution is -0.120. The van der Waals surface area contributed by atoms with Gasteiger partial charge < -0.3 is 20.7 Å². The SMILES string of the molecule is CCN(CC)CCOc1ccc(NC(=O)C2CCCC(N)C2)cc1. The summed E-state index contributed by atoms with van der Waals surface area (Å²) in [5, 5.41) is 2.99. The van der Waals surface area contributed by atoms with Gasteiger partial charge in [-0.2, -0.15) is 0 Å². The van der Waals surface area contributed by atoms with Crippen LogP contribution in [0.25, 0.3) is 0 Å². The Morgan fingerprint density at radius 2 is 1.96 bits per heavy atom. The lowest BCUT2D eigenvalue weighted by Crippen LogP contribution is -2.34. The molecule has 0 radical (unpaired) electrons. The van der Waals surface area contributed by atoms with Gasteiger partial charge in [-0.1, -0.05) is 20.3 Å². The van der Waals surface area contributed by atoms with Crippen molar-refractivity contribution in [3.8, 4) is 5.75 Å². The van der Waals surface area contributed by atoms with Crippen molar-refractivity contribution in [2.45, 2.75) is 45.6 Å². The van der Waals surface area contributed by atoms with E-state index in [1.807, 2.05) is 24.3 Å². The summed E-state index contributed by atoms with van der Waals surface area (Å²) in [5.74, 6) is 0.957. The van der Waals surface area contributed by atoms with Gasteiger partial charge in [-0.05, 0) is 56.6 Å². The number of nitrogens with two attached hydrogens (primary N) is 1. The van der Waals surface area contributed by atoms with Crippen LogP contribution in [0.1, 0.15) is 39.5 Å². The monoisotopic (exact) mass is 333 g/mol. The molecule has 1 amide bonds. The molecular weight excluding hydrogens is 302 g/mol. The standard InChI is InChI=1S/C19H31N3O2/c1-3-22(4-2)12-13-24-18-10-8-17(9-11-18)21-19(23)15-6-5-7-16(20)14-15/h8-11,15-16H,3-7,12-14,20H2,1-2H3,(H,21,23). The van der Waals surface area contributed by atoms with Crippen LogP contribution < -0.4 is 15.8 Å². The van der Waals surface area contributed by atoms with Gasteiger partial charge in [0.05, 0.1) is 0 Å². The van der Waals surface area contributed by atoms with Gasteiger partial charge in [-0.25, -0.2) is 0 Å².